The quantitative estimate of drug-likeness (QED) is 0.530. The number of nitrogens with zero attached hydrogens (tertiary/aromatic N) is 3. The first kappa shape index (κ1) is 18.7. The smallest absolute Gasteiger partial charge is 0.267 e. The number of rotatable bonds is 6. The van der Waals surface area contributed by atoms with Crippen molar-refractivity contribution in [1.82, 2.24) is 25.1 Å². The third-order valence-corrected chi connectivity index (χ3v) is 5.04. The molecule has 7 nitrogen and oxygen atoms in total. The van der Waals surface area contributed by atoms with Gasteiger partial charge in [0.2, 0.25) is 0 Å². The van der Waals surface area contributed by atoms with E-state index in [-0.39, 0.29) is 5.91 Å². The SMILES string of the molecule is COc1ccc2cc(C(=O)NCCc3c(C)nn(-c4ccccn4)c3C)[nH]c2c1. The monoisotopic (exact) mass is 389 g/mol. The summed E-state index contributed by atoms with van der Waals surface area (Å²) in [7, 11) is 1.62. The van der Waals surface area contributed by atoms with Gasteiger partial charge in [0.15, 0.2) is 5.82 Å². The van der Waals surface area contributed by atoms with E-state index >= 15 is 0 Å². The lowest BCUT2D eigenvalue weighted by Gasteiger charge is -2.06. The summed E-state index contributed by atoms with van der Waals surface area (Å²) in [5.74, 6) is 1.41. The number of methoxy groups -OCH3 is 1. The predicted molar refractivity (Wildman–Crippen MR) is 112 cm³/mol. The Balaban J connectivity index is 1.44. The number of H-pyrrole nitrogens is 1. The second-order valence-electron chi connectivity index (χ2n) is 6.89. The van der Waals surface area contributed by atoms with Crippen molar-refractivity contribution >= 4 is 16.8 Å². The fourth-order valence-electron chi connectivity index (χ4n) is 3.49. The highest BCUT2D eigenvalue weighted by atomic mass is 16.5. The Bertz CT molecular complexity index is 1160. The van der Waals surface area contributed by atoms with Crippen molar-refractivity contribution in [1.29, 1.82) is 0 Å². The maximum atomic E-state index is 12.6. The molecule has 0 aliphatic rings. The molecule has 148 valence electrons. The fourth-order valence-corrected chi connectivity index (χ4v) is 3.49. The largest absolute Gasteiger partial charge is 0.497 e. The van der Waals surface area contributed by atoms with Gasteiger partial charge < -0.3 is 15.0 Å². The van der Waals surface area contributed by atoms with E-state index in [0.29, 0.717) is 18.7 Å². The highest BCUT2D eigenvalue weighted by Crippen LogP contribution is 2.21. The molecule has 3 heterocycles. The number of aromatic amines is 1. The lowest BCUT2D eigenvalue weighted by atomic mass is 10.1. The first-order valence-corrected chi connectivity index (χ1v) is 9.48. The van der Waals surface area contributed by atoms with Gasteiger partial charge in [0.05, 0.1) is 12.8 Å². The minimum atomic E-state index is -0.132. The second-order valence-corrected chi connectivity index (χ2v) is 6.89. The van der Waals surface area contributed by atoms with Crippen LogP contribution in [-0.4, -0.2) is 39.3 Å². The molecule has 7 heteroatoms. The molecule has 0 unspecified atom stereocenters. The van der Waals surface area contributed by atoms with E-state index in [1.165, 1.54) is 0 Å². The van der Waals surface area contributed by atoms with Crippen LogP contribution in [0.1, 0.15) is 27.4 Å². The number of pyridine rings is 1. The summed E-state index contributed by atoms with van der Waals surface area (Å²) in [6.45, 7) is 4.53. The number of ether oxygens (including phenoxy) is 1. The van der Waals surface area contributed by atoms with Crippen molar-refractivity contribution < 1.29 is 9.53 Å². The predicted octanol–water partition coefficient (Wildman–Crippen LogP) is 3.35. The highest BCUT2D eigenvalue weighted by Gasteiger charge is 2.14. The van der Waals surface area contributed by atoms with Crippen molar-refractivity contribution in [3.8, 4) is 11.6 Å². The van der Waals surface area contributed by atoms with Crippen molar-refractivity contribution in [2.24, 2.45) is 0 Å². The molecule has 0 saturated heterocycles. The minimum absolute atomic E-state index is 0.132. The van der Waals surface area contributed by atoms with Gasteiger partial charge in [-0.3, -0.25) is 4.79 Å². The zero-order valence-corrected chi connectivity index (χ0v) is 16.7. The Hall–Kier alpha value is -3.61. The Morgan fingerprint density at radius 1 is 1.21 bits per heavy atom. The molecule has 0 spiro atoms. The van der Waals surface area contributed by atoms with Crippen LogP contribution in [0.4, 0.5) is 0 Å². The Morgan fingerprint density at radius 3 is 2.83 bits per heavy atom. The van der Waals surface area contributed by atoms with Crippen LogP contribution in [0.25, 0.3) is 16.7 Å². The lowest BCUT2D eigenvalue weighted by molar-refractivity contribution is 0.0950. The number of carbonyl (C=O) groups excluding carboxylic acids is 1. The number of carbonyl (C=O) groups is 1. The summed E-state index contributed by atoms with van der Waals surface area (Å²) in [4.78, 5) is 20.1. The average Bonchev–Trinajstić information content (AvgIpc) is 3.29. The molecule has 0 atom stereocenters. The Labute approximate surface area is 168 Å². The zero-order chi connectivity index (χ0) is 20.4. The lowest BCUT2D eigenvalue weighted by Crippen LogP contribution is -2.26. The average molecular weight is 389 g/mol. The molecule has 3 aromatic heterocycles. The number of hydrogen-bond donors (Lipinski definition) is 2. The number of benzene rings is 1. The Kier molecular flexibility index (Phi) is 5.03. The molecule has 0 aliphatic heterocycles. The minimum Gasteiger partial charge on any atom is -0.497 e. The molecule has 2 N–H and O–H groups in total. The van der Waals surface area contributed by atoms with Gasteiger partial charge in [0.1, 0.15) is 11.4 Å². The van der Waals surface area contributed by atoms with Crippen LogP contribution in [0.3, 0.4) is 0 Å². The standard InChI is InChI=1S/C22H23N5O2/c1-14-18(15(2)27(26-14)21-6-4-5-10-23-21)9-11-24-22(28)20-12-16-7-8-17(29-3)13-19(16)25-20/h4-8,10,12-13,25H,9,11H2,1-3H3,(H,24,28). The number of nitrogens with one attached hydrogen (secondary N) is 2. The van der Waals surface area contributed by atoms with Gasteiger partial charge in [-0.05, 0) is 56.2 Å². The fraction of sp³-hybridized carbons (Fsp3) is 0.227. The van der Waals surface area contributed by atoms with Crippen LogP contribution < -0.4 is 10.1 Å². The Morgan fingerprint density at radius 2 is 2.07 bits per heavy atom. The molecular formula is C22H23N5O2. The third kappa shape index (κ3) is 3.71. The first-order chi connectivity index (χ1) is 14.1. The number of aryl methyl sites for hydroxylation is 1. The van der Waals surface area contributed by atoms with E-state index in [4.69, 9.17) is 4.74 Å². The maximum absolute atomic E-state index is 12.6. The van der Waals surface area contributed by atoms with Crippen LogP contribution in [0.2, 0.25) is 0 Å². The van der Waals surface area contributed by atoms with Crippen LogP contribution in [0, 0.1) is 13.8 Å². The van der Waals surface area contributed by atoms with Crippen LogP contribution >= 0.6 is 0 Å². The molecule has 0 aliphatic carbocycles. The van der Waals surface area contributed by atoms with Crippen molar-refractivity contribution in [3.05, 3.63) is 71.3 Å². The molecule has 4 rings (SSSR count). The van der Waals surface area contributed by atoms with Crippen LogP contribution in [-0.2, 0) is 6.42 Å². The molecule has 29 heavy (non-hydrogen) atoms. The van der Waals surface area contributed by atoms with E-state index in [1.54, 1.807) is 13.3 Å². The van der Waals surface area contributed by atoms with Crippen LogP contribution in [0.15, 0.2) is 48.7 Å². The number of amides is 1. The van der Waals surface area contributed by atoms with E-state index in [1.807, 2.05) is 61.0 Å². The van der Waals surface area contributed by atoms with Gasteiger partial charge in [-0.15, -0.1) is 0 Å². The second kappa shape index (κ2) is 7.79. The van der Waals surface area contributed by atoms with Gasteiger partial charge in [-0.25, -0.2) is 9.67 Å². The summed E-state index contributed by atoms with van der Waals surface area (Å²) < 4.78 is 7.07. The van der Waals surface area contributed by atoms with Crippen LogP contribution in [0.5, 0.6) is 5.75 Å². The van der Waals surface area contributed by atoms with E-state index in [0.717, 1.165) is 39.4 Å². The van der Waals surface area contributed by atoms with E-state index < -0.39 is 0 Å². The number of fused-ring (bicyclic) bond motifs is 1. The molecule has 0 bridgehead atoms. The number of hydrogen-bond acceptors (Lipinski definition) is 4. The van der Waals surface area contributed by atoms with E-state index in [2.05, 4.69) is 20.4 Å². The van der Waals surface area contributed by atoms with Gasteiger partial charge >= 0.3 is 0 Å². The molecule has 0 radical (unpaired) electrons. The molecule has 1 aromatic carbocycles. The van der Waals surface area contributed by atoms with Gasteiger partial charge in [0, 0.05) is 35.4 Å². The molecule has 0 saturated carbocycles. The van der Waals surface area contributed by atoms with Crippen molar-refractivity contribution in [2.75, 3.05) is 13.7 Å². The molecule has 4 aromatic rings. The molecule has 1 amide bonds. The summed E-state index contributed by atoms with van der Waals surface area (Å²) in [5.41, 5.74) is 4.51. The van der Waals surface area contributed by atoms with E-state index in [9.17, 15) is 4.79 Å². The maximum Gasteiger partial charge on any atom is 0.267 e. The van der Waals surface area contributed by atoms with Crippen molar-refractivity contribution in [2.45, 2.75) is 20.3 Å². The van der Waals surface area contributed by atoms with Crippen molar-refractivity contribution in [3.63, 3.8) is 0 Å². The summed E-state index contributed by atoms with van der Waals surface area (Å²) in [6, 6.07) is 13.3. The summed E-state index contributed by atoms with van der Waals surface area (Å²) >= 11 is 0. The van der Waals surface area contributed by atoms with Gasteiger partial charge in [-0.1, -0.05) is 6.07 Å². The molecule has 0 fully saturated rings. The van der Waals surface area contributed by atoms with Gasteiger partial charge in [-0.2, -0.15) is 5.10 Å². The third-order valence-electron chi connectivity index (χ3n) is 5.04. The first-order valence-electron chi connectivity index (χ1n) is 9.48. The van der Waals surface area contributed by atoms with Gasteiger partial charge in [0.25, 0.3) is 5.91 Å². The molecular weight excluding hydrogens is 366 g/mol. The highest BCUT2D eigenvalue weighted by molar-refractivity contribution is 5.98. The summed E-state index contributed by atoms with van der Waals surface area (Å²) in [6.07, 6.45) is 2.45. The number of aromatic nitrogens is 4. The summed E-state index contributed by atoms with van der Waals surface area (Å²) in [5, 5.41) is 8.56. The topological polar surface area (TPSA) is 84.8 Å². The normalized spacial score (nSPS) is 11.0. The zero-order valence-electron chi connectivity index (χ0n) is 16.7.